The molecule has 3 heterocycles. The van der Waals surface area contributed by atoms with Crippen LogP contribution in [-0.4, -0.2) is 48.1 Å². The van der Waals surface area contributed by atoms with Crippen LogP contribution >= 0.6 is 0 Å². The summed E-state index contributed by atoms with van der Waals surface area (Å²) in [4.78, 5) is 38.8. The van der Waals surface area contributed by atoms with E-state index in [2.05, 4.69) is 0 Å². The van der Waals surface area contributed by atoms with E-state index in [1.165, 1.54) is 20.1 Å². The molecule has 2 saturated heterocycles. The molecule has 4 rings (SSSR count). The minimum Gasteiger partial charge on any atom is -0.495 e. The van der Waals surface area contributed by atoms with E-state index >= 15 is 0 Å². The van der Waals surface area contributed by atoms with Crippen molar-refractivity contribution in [2.45, 2.75) is 18.6 Å². The van der Waals surface area contributed by atoms with E-state index in [1.54, 1.807) is 24.3 Å². The molecule has 130 valence electrons. The average molecular weight is 343 g/mol. The fourth-order valence-corrected chi connectivity index (χ4v) is 4.01. The molecule has 7 nitrogen and oxygen atoms in total. The topological polar surface area (TPSA) is 93.1 Å². The van der Waals surface area contributed by atoms with Crippen LogP contribution in [0, 0.1) is 11.8 Å². The van der Waals surface area contributed by atoms with Crippen molar-refractivity contribution in [2.75, 3.05) is 18.6 Å². The van der Waals surface area contributed by atoms with Crippen LogP contribution in [0.5, 0.6) is 5.75 Å². The second kappa shape index (κ2) is 5.24. The van der Waals surface area contributed by atoms with E-state index < -0.39 is 35.4 Å². The highest BCUT2D eigenvalue weighted by Gasteiger charge is 2.67. The SMILES string of the molecule is COc1ccc(C(C)=O)cc1N1C(=O)[C@H]2[C@@H]3C=C[C@@](CO)(O3)[C@H]2C1=O. The molecule has 2 bridgehead atoms. The van der Waals surface area contributed by atoms with Gasteiger partial charge in [0.15, 0.2) is 5.78 Å². The number of aliphatic hydroxyl groups is 1. The Morgan fingerprint density at radius 1 is 1.36 bits per heavy atom. The van der Waals surface area contributed by atoms with Crippen LogP contribution in [0.15, 0.2) is 30.4 Å². The quantitative estimate of drug-likeness (QED) is 0.491. The maximum absolute atomic E-state index is 13.0. The van der Waals surface area contributed by atoms with Crippen molar-refractivity contribution in [1.82, 2.24) is 0 Å². The molecule has 4 atom stereocenters. The van der Waals surface area contributed by atoms with Gasteiger partial charge < -0.3 is 14.6 Å². The number of hydrogen-bond acceptors (Lipinski definition) is 6. The lowest BCUT2D eigenvalue weighted by atomic mass is 9.77. The first-order valence-corrected chi connectivity index (χ1v) is 7.98. The van der Waals surface area contributed by atoms with E-state index in [4.69, 9.17) is 9.47 Å². The molecule has 0 radical (unpaired) electrons. The zero-order valence-corrected chi connectivity index (χ0v) is 13.8. The van der Waals surface area contributed by atoms with E-state index in [1.807, 2.05) is 0 Å². The first-order chi connectivity index (χ1) is 11.9. The maximum atomic E-state index is 13.0. The highest BCUT2D eigenvalue weighted by atomic mass is 16.5. The Morgan fingerprint density at radius 3 is 2.76 bits per heavy atom. The summed E-state index contributed by atoms with van der Waals surface area (Å²) in [5, 5.41) is 9.74. The molecule has 1 aromatic carbocycles. The fraction of sp³-hybridized carbons (Fsp3) is 0.389. The third kappa shape index (κ3) is 1.96. The Labute approximate surface area is 143 Å². The summed E-state index contributed by atoms with van der Waals surface area (Å²) < 4.78 is 11.0. The summed E-state index contributed by atoms with van der Waals surface area (Å²) in [6.45, 7) is 1.03. The molecule has 3 aliphatic heterocycles. The second-order valence-corrected chi connectivity index (χ2v) is 6.51. The molecule has 0 aliphatic carbocycles. The first-order valence-electron chi connectivity index (χ1n) is 7.98. The molecule has 3 aliphatic rings. The van der Waals surface area contributed by atoms with Crippen molar-refractivity contribution in [3.63, 3.8) is 0 Å². The molecule has 25 heavy (non-hydrogen) atoms. The predicted molar refractivity (Wildman–Crippen MR) is 86.3 cm³/mol. The summed E-state index contributed by atoms with van der Waals surface area (Å²) in [6.07, 6.45) is 2.85. The van der Waals surface area contributed by atoms with E-state index in [-0.39, 0.29) is 18.1 Å². The Bertz CT molecular complexity index is 831. The Balaban J connectivity index is 1.81. The average Bonchev–Trinajstić information content (AvgIpc) is 3.25. The molecule has 0 unspecified atom stereocenters. The molecule has 7 heteroatoms. The lowest BCUT2D eigenvalue weighted by molar-refractivity contribution is -0.128. The van der Waals surface area contributed by atoms with Crippen molar-refractivity contribution >= 4 is 23.3 Å². The predicted octanol–water partition coefficient (Wildman–Crippen LogP) is 0.703. The van der Waals surface area contributed by atoms with Crippen molar-refractivity contribution in [3.05, 3.63) is 35.9 Å². The molecule has 2 fully saturated rings. The molecule has 0 saturated carbocycles. The summed E-state index contributed by atoms with van der Waals surface area (Å²) >= 11 is 0. The number of amides is 2. The van der Waals surface area contributed by atoms with Crippen molar-refractivity contribution in [3.8, 4) is 5.75 Å². The minimum atomic E-state index is -1.15. The fourth-order valence-electron chi connectivity index (χ4n) is 4.01. The standard InChI is InChI=1S/C18H17NO6/c1-9(21)10-3-4-12(24-2)11(7-10)19-16(22)14-13-5-6-18(8-20,25-13)15(14)17(19)23/h3-7,13-15,20H,8H2,1-2H3/t13-,14-,15+,18-/m0/s1. The van der Waals surface area contributed by atoms with Gasteiger partial charge in [0.25, 0.3) is 0 Å². The van der Waals surface area contributed by atoms with Crippen LogP contribution in [-0.2, 0) is 14.3 Å². The van der Waals surface area contributed by atoms with Gasteiger partial charge in [0.05, 0.1) is 37.3 Å². The third-order valence-corrected chi connectivity index (χ3v) is 5.23. The van der Waals surface area contributed by atoms with E-state index in [9.17, 15) is 19.5 Å². The van der Waals surface area contributed by atoms with Crippen molar-refractivity contribution in [2.24, 2.45) is 11.8 Å². The number of nitrogens with zero attached hydrogens (tertiary/aromatic N) is 1. The number of ketones is 1. The van der Waals surface area contributed by atoms with Gasteiger partial charge in [0, 0.05) is 5.56 Å². The number of methoxy groups -OCH3 is 1. The van der Waals surface area contributed by atoms with Gasteiger partial charge in [-0.1, -0.05) is 12.2 Å². The van der Waals surface area contributed by atoms with Gasteiger partial charge in [-0.05, 0) is 25.1 Å². The molecule has 0 aromatic heterocycles. The number of aliphatic hydroxyl groups excluding tert-OH is 1. The zero-order chi connectivity index (χ0) is 17.9. The van der Waals surface area contributed by atoms with Crippen molar-refractivity contribution in [1.29, 1.82) is 0 Å². The Hall–Kier alpha value is -2.51. The van der Waals surface area contributed by atoms with Gasteiger partial charge >= 0.3 is 0 Å². The molecular formula is C18H17NO6. The number of rotatable bonds is 4. The third-order valence-electron chi connectivity index (χ3n) is 5.23. The minimum absolute atomic E-state index is 0.180. The molecule has 1 N–H and O–H groups in total. The largest absolute Gasteiger partial charge is 0.495 e. The lowest BCUT2D eigenvalue weighted by Gasteiger charge is -2.26. The first kappa shape index (κ1) is 16.0. The van der Waals surface area contributed by atoms with Crippen LogP contribution in [0.2, 0.25) is 0 Å². The highest BCUT2D eigenvalue weighted by Crippen LogP contribution is 2.53. The monoisotopic (exact) mass is 343 g/mol. The zero-order valence-electron chi connectivity index (χ0n) is 13.8. The number of imide groups is 1. The van der Waals surface area contributed by atoms with Gasteiger partial charge in [-0.25, -0.2) is 4.90 Å². The number of carbonyl (C=O) groups excluding carboxylic acids is 3. The molecule has 2 amide bonds. The molecular weight excluding hydrogens is 326 g/mol. The Morgan fingerprint density at radius 2 is 2.12 bits per heavy atom. The summed E-state index contributed by atoms with van der Waals surface area (Å²) in [7, 11) is 1.43. The van der Waals surface area contributed by atoms with Gasteiger partial charge in [0.1, 0.15) is 11.4 Å². The lowest BCUT2D eigenvalue weighted by Crippen LogP contribution is -2.43. The van der Waals surface area contributed by atoms with Crippen LogP contribution in [0.3, 0.4) is 0 Å². The highest BCUT2D eigenvalue weighted by molar-refractivity contribution is 6.24. The van der Waals surface area contributed by atoms with Gasteiger partial charge in [-0.3, -0.25) is 14.4 Å². The van der Waals surface area contributed by atoms with Crippen LogP contribution in [0.4, 0.5) is 5.69 Å². The second-order valence-electron chi connectivity index (χ2n) is 6.51. The number of anilines is 1. The molecule has 1 aromatic rings. The van der Waals surface area contributed by atoms with Crippen LogP contribution < -0.4 is 9.64 Å². The van der Waals surface area contributed by atoms with Gasteiger partial charge in [-0.15, -0.1) is 0 Å². The number of carbonyl (C=O) groups is 3. The van der Waals surface area contributed by atoms with Gasteiger partial charge in [-0.2, -0.15) is 0 Å². The number of benzene rings is 1. The summed E-state index contributed by atoms with van der Waals surface area (Å²) in [5.41, 5.74) is -0.530. The molecule has 0 spiro atoms. The van der Waals surface area contributed by atoms with Gasteiger partial charge in [0.2, 0.25) is 11.8 Å². The van der Waals surface area contributed by atoms with Crippen LogP contribution in [0.1, 0.15) is 17.3 Å². The summed E-state index contributed by atoms with van der Waals surface area (Å²) in [6, 6.07) is 4.63. The normalized spacial score (nSPS) is 32.4. The van der Waals surface area contributed by atoms with E-state index in [0.717, 1.165) is 4.90 Å². The Kier molecular flexibility index (Phi) is 3.35. The smallest absolute Gasteiger partial charge is 0.241 e. The van der Waals surface area contributed by atoms with Crippen molar-refractivity contribution < 1.29 is 29.0 Å². The van der Waals surface area contributed by atoms with Crippen LogP contribution in [0.25, 0.3) is 0 Å². The number of ether oxygens (including phenoxy) is 2. The number of hydrogen-bond donors (Lipinski definition) is 1. The van der Waals surface area contributed by atoms with E-state index in [0.29, 0.717) is 11.3 Å². The maximum Gasteiger partial charge on any atom is 0.241 e. The number of fused-ring (bicyclic) bond motifs is 5. The summed E-state index contributed by atoms with van der Waals surface area (Å²) in [5.74, 6) is -2.15. The number of Topliss-reactive ketones (excluding diaryl/α,β-unsaturated/α-hetero) is 1.